The first-order chi connectivity index (χ1) is 26.5. The minimum absolute atomic E-state index is 0.0148. The summed E-state index contributed by atoms with van der Waals surface area (Å²) in [5, 5.41) is 22.0. The molecule has 1 aromatic carbocycles. The lowest BCUT2D eigenvalue weighted by atomic mass is 9.47. The van der Waals surface area contributed by atoms with E-state index in [9.17, 15) is 14.9 Å². The number of benzene rings is 1. The lowest BCUT2D eigenvalue weighted by Crippen LogP contribution is -2.51. The molecule has 1 heterocycles. The number of carbonyl (C=O) groups excluding carboxylic acids is 1. The summed E-state index contributed by atoms with van der Waals surface area (Å²) in [4.78, 5) is 23.6. The molecular formula is C46H72N4O5. The predicted molar refractivity (Wildman–Crippen MR) is 221 cm³/mol. The van der Waals surface area contributed by atoms with E-state index in [1.165, 1.54) is 102 Å². The van der Waals surface area contributed by atoms with Crippen LogP contribution in [-0.2, 0) is 9.53 Å². The van der Waals surface area contributed by atoms with E-state index < -0.39 is 4.92 Å². The van der Waals surface area contributed by atoms with Crippen molar-refractivity contribution in [3.8, 4) is 0 Å². The molecule has 9 heteroatoms. The molecule has 0 bridgehead atoms. The van der Waals surface area contributed by atoms with Gasteiger partial charge in [-0.25, -0.2) is 4.63 Å². The van der Waals surface area contributed by atoms with Crippen molar-refractivity contribution in [1.82, 2.24) is 10.3 Å². The number of nitrogens with one attached hydrogen (secondary N) is 1. The van der Waals surface area contributed by atoms with Gasteiger partial charge in [-0.3, -0.25) is 14.9 Å². The number of nitrogens with zero attached hydrogens (tertiary/aromatic N) is 3. The lowest BCUT2D eigenvalue weighted by Gasteiger charge is -2.58. The normalized spacial score (nSPS) is 29.3. The van der Waals surface area contributed by atoms with E-state index in [-0.39, 0.29) is 23.3 Å². The monoisotopic (exact) mass is 761 g/mol. The molecule has 0 aliphatic heterocycles. The third kappa shape index (κ3) is 9.77. The summed E-state index contributed by atoms with van der Waals surface area (Å²) < 4.78 is 10.9. The van der Waals surface area contributed by atoms with Gasteiger partial charge in [-0.2, -0.15) is 0 Å². The molecule has 306 valence electrons. The standard InChI is InChI=1S/C46H72N4O5/c1-32(2)17-16-18-33(3)37-22-23-38-36-21-20-34-31-35(26-28-45(34,4)39(36)27-29-46(37,38)5)54-42(51)19-14-12-10-8-6-7-9-11-13-15-30-47-40-24-25-41(50(52)53)44-43(40)48-55-49-44/h20,24-25,32-33,35-39,47H,6-19,21-23,26-31H2,1-5H3/t33-,35+,36+,37-,38+,39+,45+,46-/m1/s1. The number of aromatic nitrogens is 2. The second-order valence-electron chi connectivity index (χ2n) is 19.2. The Hall–Kier alpha value is -2.97. The number of non-ortho nitro benzene ring substituents is 1. The maximum Gasteiger partial charge on any atom is 0.306 e. The van der Waals surface area contributed by atoms with Crippen LogP contribution in [0.5, 0.6) is 0 Å². The summed E-state index contributed by atoms with van der Waals surface area (Å²) in [6.07, 6.45) is 29.1. The molecule has 6 rings (SSSR count). The Morgan fingerprint density at radius 1 is 0.891 bits per heavy atom. The van der Waals surface area contributed by atoms with Gasteiger partial charge in [-0.05, 0) is 121 Å². The second-order valence-corrected chi connectivity index (χ2v) is 19.2. The van der Waals surface area contributed by atoms with Crippen LogP contribution in [0.2, 0.25) is 0 Å². The van der Waals surface area contributed by atoms with Gasteiger partial charge in [-0.15, -0.1) is 0 Å². The number of ether oxygens (including phenoxy) is 1. The zero-order chi connectivity index (χ0) is 39.0. The number of unbranched alkanes of at least 4 members (excludes halogenated alkanes) is 9. The van der Waals surface area contributed by atoms with Gasteiger partial charge in [0.15, 0.2) is 5.52 Å². The van der Waals surface area contributed by atoms with Gasteiger partial charge in [0.2, 0.25) is 5.52 Å². The van der Waals surface area contributed by atoms with Crippen molar-refractivity contribution in [2.45, 2.75) is 182 Å². The molecule has 9 nitrogen and oxygen atoms in total. The Morgan fingerprint density at radius 3 is 2.33 bits per heavy atom. The van der Waals surface area contributed by atoms with Crippen LogP contribution in [0.4, 0.5) is 11.4 Å². The van der Waals surface area contributed by atoms with Crippen LogP contribution in [-0.4, -0.2) is 33.9 Å². The number of hydrogen-bond donors (Lipinski definition) is 1. The molecule has 0 spiro atoms. The summed E-state index contributed by atoms with van der Waals surface area (Å²) >= 11 is 0. The minimum atomic E-state index is -0.470. The number of anilines is 1. The fourth-order valence-electron chi connectivity index (χ4n) is 12.2. The molecule has 0 radical (unpaired) electrons. The van der Waals surface area contributed by atoms with E-state index in [1.807, 2.05) is 0 Å². The number of nitro benzene ring substituents is 1. The van der Waals surface area contributed by atoms with Crippen LogP contribution < -0.4 is 5.32 Å². The zero-order valence-corrected chi connectivity index (χ0v) is 34.9. The third-order valence-electron chi connectivity index (χ3n) is 15.3. The molecule has 0 saturated heterocycles. The van der Waals surface area contributed by atoms with Crippen LogP contribution in [0, 0.1) is 56.5 Å². The van der Waals surface area contributed by atoms with E-state index in [4.69, 9.17) is 9.37 Å². The molecule has 3 saturated carbocycles. The molecular weight excluding hydrogens is 689 g/mol. The van der Waals surface area contributed by atoms with Crippen LogP contribution in [0.1, 0.15) is 176 Å². The highest BCUT2D eigenvalue weighted by Gasteiger charge is 2.59. The Balaban J connectivity index is 0.811. The maximum absolute atomic E-state index is 12.9. The van der Waals surface area contributed by atoms with Crippen molar-refractivity contribution in [3.63, 3.8) is 0 Å². The van der Waals surface area contributed by atoms with E-state index in [0.717, 1.165) is 80.6 Å². The summed E-state index contributed by atoms with van der Waals surface area (Å²) in [6.45, 7) is 13.4. The highest BCUT2D eigenvalue weighted by atomic mass is 16.6. The molecule has 2 aromatic rings. The first-order valence-electron chi connectivity index (χ1n) is 22.5. The highest BCUT2D eigenvalue weighted by Crippen LogP contribution is 2.67. The third-order valence-corrected chi connectivity index (χ3v) is 15.3. The number of esters is 1. The van der Waals surface area contributed by atoms with Crippen molar-refractivity contribution < 1.29 is 19.1 Å². The van der Waals surface area contributed by atoms with Crippen molar-refractivity contribution in [2.75, 3.05) is 11.9 Å². The first-order valence-corrected chi connectivity index (χ1v) is 22.5. The highest BCUT2D eigenvalue weighted by molar-refractivity contribution is 5.93. The topological polar surface area (TPSA) is 120 Å². The maximum atomic E-state index is 12.9. The second kappa shape index (κ2) is 19.0. The fourth-order valence-corrected chi connectivity index (χ4v) is 12.2. The molecule has 4 aliphatic carbocycles. The van der Waals surface area contributed by atoms with Gasteiger partial charge in [0.05, 0.1) is 10.6 Å². The fraction of sp³-hybridized carbons (Fsp3) is 0.804. The van der Waals surface area contributed by atoms with Crippen LogP contribution in [0.15, 0.2) is 28.4 Å². The van der Waals surface area contributed by atoms with E-state index in [1.54, 1.807) is 11.6 Å². The van der Waals surface area contributed by atoms with Gasteiger partial charge >= 0.3 is 11.7 Å². The van der Waals surface area contributed by atoms with Gasteiger partial charge in [0.1, 0.15) is 6.10 Å². The Labute approximate surface area is 331 Å². The predicted octanol–water partition coefficient (Wildman–Crippen LogP) is 12.8. The Kier molecular flexibility index (Phi) is 14.4. The van der Waals surface area contributed by atoms with Crippen LogP contribution in [0.3, 0.4) is 0 Å². The number of allylic oxidation sites excluding steroid dienone is 1. The van der Waals surface area contributed by atoms with Crippen molar-refractivity contribution in [1.29, 1.82) is 0 Å². The average molecular weight is 761 g/mol. The summed E-state index contributed by atoms with van der Waals surface area (Å²) in [6, 6.07) is 3.11. The SMILES string of the molecule is CC(C)CCC[C@@H](C)[C@H]1CC[C@H]2[C@@H]3CC=C4C[C@@H](OC(=O)CCCCCCCCCCCCNc5ccc([N+](=O)[O-])c6nonc56)CC[C@]4(C)[C@H]3CC[C@]12C. The van der Waals surface area contributed by atoms with E-state index >= 15 is 0 Å². The smallest absolute Gasteiger partial charge is 0.306 e. The summed E-state index contributed by atoms with van der Waals surface area (Å²) in [5.74, 6) is 5.14. The van der Waals surface area contributed by atoms with Crippen LogP contribution >= 0.6 is 0 Å². The molecule has 1 N–H and O–H groups in total. The summed E-state index contributed by atoms with van der Waals surface area (Å²) in [5.41, 5.74) is 3.64. The summed E-state index contributed by atoms with van der Waals surface area (Å²) in [7, 11) is 0. The van der Waals surface area contributed by atoms with Gasteiger partial charge in [-0.1, -0.05) is 117 Å². The molecule has 3 fully saturated rings. The van der Waals surface area contributed by atoms with Gasteiger partial charge in [0, 0.05) is 25.5 Å². The Bertz CT molecular complexity index is 1600. The van der Waals surface area contributed by atoms with Crippen LogP contribution in [0.25, 0.3) is 11.0 Å². The number of fused-ring (bicyclic) bond motifs is 6. The lowest BCUT2D eigenvalue weighted by molar-refractivity contribution is -0.383. The first kappa shape index (κ1) is 41.7. The number of hydrogen-bond acceptors (Lipinski definition) is 8. The average Bonchev–Trinajstić information content (AvgIpc) is 3.78. The van der Waals surface area contributed by atoms with E-state index in [0.29, 0.717) is 28.5 Å². The quantitative estimate of drug-likeness (QED) is 0.0439. The van der Waals surface area contributed by atoms with Gasteiger partial charge < -0.3 is 10.1 Å². The minimum Gasteiger partial charge on any atom is -0.462 e. The molecule has 55 heavy (non-hydrogen) atoms. The van der Waals surface area contributed by atoms with Crippen molar-refractivity contribution >= 4 is 28.4 Å². The molecule has 8 atom stereocenters. The van der Waals surface area contributed by atoms with Gasteiger partial charge in [0.25, 0.3) is 0 Å². The molecule has 0 amide bonds. The zero-order valence-electron chi connectivity index (χ0n) is 34.9. The van der Waals surface area contributed by atoms with E-state index in [2.05, 4.69) is 56.3 Å². The Morgan fingerprint density at radius 2 is 1.60 bits per heavy atom. The molecule has 4 aliphatic rings. The largest absolute Gasteiger partial charge is 0.462 e. The number of carbonyl (C=O) groups is 1. The van der Waals surface area contributed by atoms with Crippen molar-refractivity contribution in [2.24, 2.45) is 46.3 Å². The molecule has 1 aromatic heterocycles. The molecule has 0 unspecified atom stereocenters. The number of nitro groups is 1. The van der Waals surface area contributed by atoms with Crippen molar-refractivity contribution in [3.05, 3.63) is 33.9 Å². The number of rotatable bonds is 21.